The number of halogens is 2. The highest BCUT2D eigenvalue weighted by molar-refractivity contribution is 5.79. The molecule has 0 radical (unpaired) electrons. The molecule has 0 saturated carbocycles. The fourth-order valence-corrected chi connectivity index (χ4v) is 2.50. The van der Waals surface area contributed by atoms with Crippen LogP contribution in [0, 0.1) is 11.6 Å². The number of nitrogens with one attached hydrogen (secondary N) is 2. The van der Waals surface area contributed by atoms with Gasteiger partial charge >= 0.3 is 0 Å². The van der Waals surface area contributed by atoms with E-state index in [4.69, 9.17) is 4.74 Å². The monoisotopic (exact) mass is 347 g/mol. The molecule has 0 unspecified atom stereocenters. The third-order valence-corrected chi connectivity index (χ3v) is 3.80. The van der Waals surface area contributed by atoms with E-state index >= 15 is 0 Å². The van der Waals surface area contributed by atoms with Gasteiger partial charge in [0, 0.05) is 20.1 Å². The molecule has 2 aromatic carbocycles. The van der Waals surface area contributed by atoms with E-state index in [1.807, 2.05) is 24.3 Å². The molecule has 2 N–H and O–H groups in total. The maximum Gasteiger partial charge on any atom is 0.190 e. The van der Waals surface area contributed by atoms with Crippen LogP contribution in [0.25, 0.3) is 0 Å². The fraction of sp³-hybridized carbons (Fsp3) is 0.316. The zero-order valence-corrected chi connectivity index (χ0v) is 14.5. The Balaban J connectivity index is 1.78. The van der Waals surface area contributed by atoms with E-state index in [2.05, 4.69) is 15.6 Å². The van der Waals surface area contributed by atoms with E-state index < -0.39 is 11.6 Å². The van der Waals surface area contributed by atoms with E-state index in [9.17, 15) is 8.78 Å². The molecule has 4 nitrogen and oxygen atoms in total. The van der Waals surface area contributed by atoms with Gasteiger partial charge in [0.05, 0.1) is 7.11 Å². The number of guanidine groups is 1. The van der Waals surface area contributed by atoms with Gasteiger partial charge in [-0.25, -0.2) is 8.78 Å². The smallest absolute Gasteiger partial charge is 0.190 e. The van der Waals surface area contributed by atoms with Gasteiger partial charge < -0.3 is 15.4 Å². The van der Waals surface area contributed by atoms with Crippen LogP contribution in [0.5, 0.6) is 5.75 Å². The van der Waals surface area contributed by atoms with Crippen LogP contribution in [0.1, 0.15) is 11.1 Å². The Hall–Kier alpha value is -2.63. The Bertz CT molecular complexity index is 720. The number of aliphatic imine (C=N–C) groups is 1. The van der Waals surface area contributed by atoms with Crippen molar-refractivity contribution >= 4 is 5.96 Å². The summed E-state index contributed by atoms with van der Waals surface area (Å²) in [5.41, 5.74) is 1.45. The molecule has 0 heterocycles. The minimum atomic E-state index is -0.435. The molecule has 0 spiro atoms. The van der Waals surface area contributed by atoms with Gasteiger partial charge in [-0.15, -0.1) is 0 Å². The molecule has 6 heteroatoms. The molecule has 0 aliphatic carbocycles. The largest absolute Gasteiger partial charge is 0.496 e. The molecule has 0 atom stereocenters. The molecule has 134 valence electrons. The molecule has 0 aromatic heterocycles. The van der Waals surface area contributed by atoms with Crippen molar-refractivity contribution in [3.8, 4) is 5.75 Å². The van der Waals surface area contributed by atoms with Gasteiger partial charge in [0.25, 0.3) is 0 Å². The van der Waals surface area contributed by atoms with Crippen LogP contribution >= 0.6 is 0 Å². The highest BCUT2D eigenvalue weighted by atomic mass is 19.1. The summed E-state index contributed by atoms with van der Waals surface area (Å²) >= 11 is 0. The summed E-state index contributed by atoms with van der Waals surface area (Å²) in [6.07, 6.45) is 1.15. The topological polar surface area (TPSA) is 45.7 Å². The Morgan fingerprint density at radius 2 is 1.68 bits per heavy atom. The lowest BCUT2D eigenvalue weighted by Crippen LogP contribution is -2.39. The van der Waals surface area contributed by atoms with E-state index in [1.54, 1.807) is 14.2 Å². The van der Waals surface area contributed by atoms with Crippen molar-refractivity contribution in [3.63, 3.8) is 0 Å². The number of benzene rings is 2. The average molecular weight is 347 g/mol. The Morgan fingerprint density at radius 1 is 1.00 bits per heavy atom. The van der Waals surface area contributed by atoms with Crippen molar-refractivity contribution < 1.29 is 13.5 Å². The van der Waals surface area contributed by atoms with Gasteiger partial charge in [-0.05, 0) is 48.2 Å². The van der Waals surface area contributed by atoms with Crippen molar-refractivity contribution in [2.24, 2.45) is 4.99 Å². The average Bonchev–Trinajstić information content (AvgIpc) is 2.63. The third kappa shape index (κ3) is 5.74. The highest BCUT2D eigenvalue weighted by Crippen LogP contribution is 2.17. The first-order valence-electron chi connectivity index (χ1n) is 8.14. The lowest BCUT2D eigenvalue weighted by Gasteiger charge is -2.13. The van der Waals surface area contributed by atoms with Crippen molar-refractivity contribution in [2.45, 2.75) is 12.8 Å². The number of ether oxygens (including phenoxy) is 1. The van der Waals surface area contributed by atoms with Crippen LogP contribution < -0.4 is 15.4 Å². The molecule has 0 aliphatic rings. The van der Waals surface area contributed by atoms with Crippen LogP contribution in [-0.2, 0) is 12.8 Å². The van der Waals surface area contributed by atoms with Crippen molar-refractivity contribution in [1.29, 1.82) is 0 Å². The molecular formula is C19H23F2N3O. The maximum atomic E-state index is 13.6. The zero-order valence-electron chi connectivity index (χ0n) is 14.5. The lowest BCUT2D eigenvalue weighted by molar-refractivity contribution is 0.409. The van der Waals surface area contributed by atoms with Crippen LogP contribution in [0.15, 0.2) is 47.5 Å². The van der Waals surface area contributed by atoms with E-state index in [0.717, 1.165) is 29.9 Å². The SMILES string of the molecule is CN=C(NCCc1cc(F)ccc1F)NCCc1ccccc1OC. The van der Waals surface area contributed by atoms with Crippen LogP contribution in [0.4, 0.5) is 8.78 Å². The molecule has 0 saturated heterocycles. The highest BCUT2D eigenvalue weighted by Gasteiger charge is 2.05. The second-order valence-corrected chi connectivity index (χ2v) is 5.47. The van der Waals surface area contributed by atoms with Crippen LogP contribution in [0.3, 0.4) is 0 Å². The quantitative estimate of drug-likeness (QED) is 0.598. The minimum Gasteiger partial charge on any atom is -0.496 e. The molecule has 2 rings (SSSR count). The molecule has 25 heavy (non-hydrogen) atoms. The first-order valence-corrected chi connectivity index (χ1v) is 8.14. The first-order chi connectivity index (χ1) is 12.1. The normalized spacial score (nSPS) is 11.3. The Labute approximate surface area is 146 Å². The molecule has 0 amide bonds. The van der Waals surface area contributed by atoms with E-state index in [1.165, 1.54) is 6.07 Å². The number of methoxy groups -OCH3 is 1. The maximum absolute atomic E-state index is 13.6. The number of hydrogen-bond acceptors (Lipinski definition) is 2. The fourth-order valence-electron chi connectivity index (χ4n) is 2.50. The van der Waals surface area contributed by atoms with E-state index in [0.29, 0.717) is 31.0 Å². The van der Waals surface area contributed by atoms with Crippen LogP contribution in [-0.4, -0.2) is 33.2 Å². The van der Waals surface area contributed by atoms with Crippen molar-refractivity contribution in [2.75, 3.05) is 27.2 Å². The third-order valence-electron chi connectivity index (χ3n) is 3.80. The minimum absolute atomic E-state index is 0.344. The molecular weight excluding hydrogens is 324 g/mol. The number of para-hydroxylation sites is 1. The molecule has 0 aliphatic heterocycles. The zero-order chi connectivity index (χ0) is 18.1. The van der Waals surface area contributed by atoms with Gasteiger partial charge in [-0.2, -0.15) is 0 Å². The number of hydrogen-bond donors (Lipinski definition) is 2. The Morgan fingerprint density at radius 3 is 2.36 bits per heavy atom. The number of nitrogens with zero attached hydrogens (tertiary/aromatic N) is 1. The summed E-state index contributed by atoms with van der Waals surface area (Å²) in [6.45, 7) is 1.13. The summed E-state index contributed by atoms with van der Waals surface area (Å²) < 4.78 is 32.1. The van der Waals surface area contributed by atoms with Crippen molar-refractivity contribution in [3.05, 3.63) is 65.2 Å². The molecule has 0 bridgehead atoms. The first kappa shape index (κ1) is 18.7. The van der Waals surface area contributed by atoms with Gasteiger partial charge in [0.1, 0.15) is 17.4 Å². The summed E-state index contributed by atoms with van der Waals surface area (Å²) in [4.78, 5) is 4.13. The van der Waals surface area contributed by atoms with Gasteiger partial charge in [0.15, 0.2) is 5.96 Å². The Kier molecular flexibility index (Phi) is 7.19. The second kappa shape index (κ2) is 9.61. The lowest BCUT2D eigenvalue weighted by atomic mass is 10.1. The van der Waals surface area contributed by atoms with Crippen LogP contribution in [0.2, 0.25) is 0 Å². The predicted octanol–water partition coefficient (Wildman–Crippen LogP) is 2.92. The summed E-state index contributed by atoms with van der Waals surface area (Å²) in [5.74, 6) is 0.638. The molecule has 2 aromatic rings. The summed E-state index contributed by atoms with van der Waals surface area (Å²) in [7, 11) is 3.32. The molecule has 0 fully saturated rings. The predicted molar refractivity (Wildman–Crippen MR) is 96.1 cm³/mol. The van der Waals surface area contributed by atoms with Crippen molar-refractivity contribution in [1.82, 2.24) is 10.6 Å². The standard InChI is InChI=1S/C19H23F2N3O/c1-22-19(23-11-9-14-5-3-4-6-18(14)25-2)24-12-10-15-13-16(20)7-8-17(15)21/h3-8,13H,9-12H2,1-2H3,(H2,22,23,24). The second-order valence-electron chi connectivity index (χ2n) is 5.47. The van der Waals surface area contributed by atoms with Gasteiger partial charge in [-0.3, -0.25) is 4.99 Å². The van der Waals surface area contributed by atoms with E-state index in [-0.39, 0.29) is 0 Å². The number of rotatable bonds is 7. The van der Waals surface area contributed by atoms with Gasteiger partial charge in [0.2, 0.25) is 0 Å². The summed E-state index contributed by atoms with van der Waals surface area (Å²) in [5, 5.41) is 6.29. The summed E-state index contributed by atoms with van der Waals surface area (Å²) in [6, 6.07) is 11.3. The van der Waals surface area contributed by atoms with Gasteiger partial charge in [-0.1, -0.05) is 18.2 Å².